The molecule has 2 N–H and O–H groups in total. The number of amides is 1. The van der Waals surface area contributed by atoms with E-state index in [9.17, 15) is 4.79 Å². The van der Waals surface area contributed by atoms with Crippen LogP contribution in [0.15, 0.2) is 40.9 Å². The lowest BCUT2D eigenvalue weighted by Gasteiger charge is -2.18. The van der Waals surface area contributed by atoms with Crippen LogP contribution in [-0.2, 0) is 11.3 Å². The smallest absolute Gasteiger partial charge is 0.248 e. The molecule has 3 rings (SSSR count). The average Bonchev–Trinajstić information content (AvgIpc) is 2.66. The molecule has 0 saturated heterocycles. The van der Waals surface area contributed by atoms with Crippen molar-refractivity contribution in [1.29, 1.82) is 0 Å². The van der Waals surface area contributed by atoms with Gasteiger partial charge in [0, 0.05) is 25.8 Å². The first-order valence-electron chi connectivity index (χ1n) is 6.27. The molecular weight excluding hydrogens is 375 g/mol. The molecule has 0 radical (unpaired) electrons. The van der Waals surface area contributed by atoms with E-state index >= 15 is 0 Å². The lowest BCUT2D eigenvalue weighted by molar-refractivity contribution is -0.119. The third-order valence-electron chi connectivity index (χ3n) is 3.49. The molecule has 1 aliphatic rings. The molecule has 0 bridgehead atoms. The Labute approximate surface area is 140 Å². The summed E-state index contributed by atoms with van der Waals surface area (Å²) in [5.41, 5.74) is 8.47. The van der Waals surface area contributed by atoms with E-state index in [4.69, 9.17) is 28.9 Å². The summed E-state index contributed by atoms with van der Waals surface area (Å²) in [6.07, 6.45) is 0. The molecule has 2 aromatic carbocycles. The van der Waals surface area contributed by atoms with Gasteiger partial charge in [0.15, 0.2) is 0 Å². The Kier molecular flexibility index (Phi) is 3.97. The summed E-state index contributed by atoms with van der Waals surface area (Å²) in [6.45, 7) is 0.372. The van der Waals surface area contributed by atoms with Crippen LogP contribution in [0.3, 0.4) is 0 Å². The molecule has 0 aliphatic carbocycles. The standard InChI is InChI=1S/C15H11BrCl2N2O/c16-9-2-4-13-11(5-9)14(19)15(21)20(13)7-8-1-3-10(17)6-12(8)18/h1-6,14H,7,19H2. The van der Waals surface area contributed by atoms with Crippen LogP contribution in [0.4, 0.5) is 5.69 Å². The van der Waals surface area contributed by atoms with E-state index in [2.05, 4.69) is 15.9 Å². The van der Waals surface area contributed by atoms with Crippen LogP contribution in [0.1, 0.15) is 17.2 Å². The second kappa shape index (κ2) is 5.61. The van der Waals surface area contributed by atoms with Crippen LogP contribution in [0, 0.1) is 0 Å². The number of rotatable bonds is 2. The van der Waals surface area contributed by atoms with Crippen LogP contribution in [0.5, 0.6) is 0 Å². The zero-order valence-electron chi connectivity index (χ0n) is 10.8. The van der Waals surface area contributed by atoms with E-state index in [1.807, 2.05) is 24.3 Å². The Bertz CT molecular complexity index is 736. The Hall–Kier alpha value is -1.07. The summed E-state index contributed by atoms with van der Waals surface area (Å²) in [4.78, 5) is 14.0. The minimum atomic E-state index is -0.636. The fourth-order valence-corrected chi connectivity index (χ4v) is 3.27. The number of benzene rings is 2. The maximum absolute atomic E-state index is 12.4. The van der Waals surface area contributed by atoms with Crippen molar-refractivity contribution in [3.63, 3.8) is 0 Å². The number of halogens is 3. The van der Waals surface area contributed by atoms with E-state index in [1.54, 1.807) is 17.0 Å². The number of fused-ring (bicyclic) bond motifs is 1. The Morgan fingerprint density at radius 3 is 2.67 bits per heavy atom. The molecule has 1 heterocycles. The van der Waals surface area contributed by atoms with Gasteiger partial charge in [-0.3, -0.25) is 4.79 Å². The summed E-state index contributed by atoms with van der Waals surface area (Å²) in [5, 5.41) is 1.10. The maximum atomic E-state index is 12.4. The summed E-state index contributed by atoms with van der Waals surface area (Å²) < 4.78 is 0.899. The fourth-order valence-electron chi connectivity index (χ4n) is 2.42. The molecule has 1 unspecified atom stereocenters. The van der Waals surface area contributed by atoms with Crippen molar-refractivity contribution >= 4 is 50.7 Å². The van der Waals surface area contributed by atoms with Crippen molar-refractivity contribution in [2.75, 3.05) is 4.90 Å². The van der Waals surface area contributed by atoms with Gasteiger partial charge >= 0.3 is 0 Å². The van der Waals surface area contributed by atoms with Gasteiger partial charge in [-0.2, -0.15) is 0 Å². The number of carbonyl (C=O) groups is 1. The lowest BCUT2D eigenvalue weighted by atomic mass is 10.1. The molecule has 1 atom stereocenters. The zero-order chi connectivity index (χ0) is 15.1. The molecule has 108 valence electrons. The highest BCUT2D eigenvalue weighted by Gasteiger charge is 2.35. The fraction of sp³-hybridized carbons (Fsp3) is 0.133. The predicted molar refractivity (Wildman–Crippen MR) is 88.7 cm³/mol. The summed E-state index contributed by atoms with van der Waals surface area (Å²) in [7, 11) is 0. The van der Waals surface area contributed by atoms with Gasteiger partial charge in [-0.05, 0) is 35.9 Å². The van der Waals surface area contributed by atoms with Gasteiger partial charge in [0.25, 0.3) is 0 Å². The third-order valence-corrected chi connectivity index (χ3v) is 4.57. The van der Waals surface area contributed by atoms with Crippen LogP contribution in [0.25, 0.3) is 0 Å². The van der Waals surface area contributed by atoms with E-state index in [0.29, 0.717) is 16.6 Å². The SMILES string of the molecule is NC1C(=O)N(Cc2ccc(Cl)cc2Cl)c2ccc(Br)cc21. The maximum Gasteiger partial charge on any atom is 0.248 e. The van der Waals surface area contributed by atoms with Crippen molar-refractivity contribution in [1.82, 2.24) is 0 Å². The van der Waals surface area contributed by atoms with Crippen LogP contribution in [0.2, 0.25) is 10.0 Å². The molecule has 0 aromatic heterocycles. The summed E-state index contributed by atoms with van der Waals surface area (Å²) in [5.74, 6) is -0.130. The second-order valence-corrected chi connectivity index (χ2v) is 6.60. The van der Waals surface area contributed by atoms with Gasteiger partial charge in [0.2, 0.25) is 5.91 Å². The molecule has 6 heteroatoms. The van der Waals surface area contributed by atoms with Crippen molar-refractivity contribution in [2.45, 2.75) is 12.6 Å². The highest BCUT2D eigenvalue weighted by molar-refractivity contribution is 9.10. The van der Waals surface area contributed by atoms with Crippen molar-refractivity contribution in [3.05, 3.63) is 62.0 Å². The number of nitrogens with two attached hydrogens (primary N) is 1. The molecule has 3 nitrogen and oxygen atoms in total. The highest BCUT2D eigenvalue weighted by atomic mass is 79.9. The lowest BCUT2D eigenvalue weighted by Crippen LogP contribution is -2.31. The van der Waals surface area contributed by atoms with Gasteiger partial charge in [0.1, 0.15) is 6.04 Å². The number of hydrogen-bond donors (Lipinski definition) is 1. The van der Waals surface area contributed by atoms with E-state index in [-0.39, 0.29) is 5.91 Å². The van der Waals surface area contributed by atoms with Crippen molar-refractivity contribution < 1.29 is 4.79 Å². The molecule has 2 aromatic rings. The predicted octanol–water partition coefficient (Wildman–Crippen LogP) is 4.30. The number of carbonyl (C=O) groups excluding carboxylic acids is 1. The van der Waals surface area contributed by atoms with Crippen molar-refractivity contribution in [2.24, 2.45) is 5.73 Å². The van der Waals surface area contributed by atoms with E-state index < -0.39 is 6.04 Å². The van der Waals surface area contributed by atoms with Crippen molar-refractivity contribution in [3.8, 4) is 0 Å². The molecule has 1 aliphatic heterocycles. The zero-order valence-corrected chi connectivity index (χ0v) is 13.9. The van der Waals surface area contributed by atoms with Crippen LogP contribution in [-0.4, -0.2) is 5.91 Å². The molecular formula is C15H11BrCl2N2O. The molecule has 1 amide bonds. The Morgan fingerprint density at radius 2 is 1.95 bits per heavy atom. The van der Waals surface area contributed by atoms with E-state index in [1.165, 1.54) is 0 Å². The first kappa shape index (κ1) is 14.9. The first-order valence-corrected chi connectivity index (χ1v) is 7.82. The largest absolute Gasteiger partial charge is 0.316 e. The number of hydrogen-bond acceptors (Lipinski definition) is 2. The quantitative estimate of drug-likeness (QED) is 0.837. The van der Waals surface area contributed by atoms with Gasteiger partial charge in [-0.15, -0.1) is 0 Å². The third kappa shape index (κ3) is 2.69. The molecule has 21 heavy (non-hydrogen) atoms. The Balaban J connectivity index is 1.98. The first-order chi connectivity index (χ1) is 9.97. The topological polar surface area (TPSA) is 46.3 Å². The van der Waals surface area contributed by atoms with E-state index in [0.717, 1.165) is 21.3 Å². The number of nitrogens with zero attached hydrogens (tertiary/aromatic N) is 1. The van der Waals surface area contributed by atoms with Gasteiger partial charge in [-0.25, -0.2) is 0 Å². The Morgan fingerprint density at radius 1 is 1.19 bits per heavy atom. The van der Waals surface area contributed by atoms with Gasteiger partial charge < -0.3 is 10.6 Å². The highest BCUT2D eigenvalue weighted by Crippen LogP contribution is 2.38. The normalized spacial score (nSPS) is 17.2. The molecule has 0 fully saturated rings. The summed E-state index contributed by atoms with van der Waals surface area (Å²) >= 11 is 15.5. The molecule has 0 saturated carbocycles. The summed E-state index contributed by atoms with van der Waals surface area (Å²) in [6, 6.07) is 10.3. The molecule has 0 spiro atoms. The van der Waals surface area contributed by atoms with Gasteiger partial charge in [-0.1, -0.05) is 45.2 Å². The minimum absolute atomic E-state index is 0.130. The number of anilines is 1. The second-order valence-electron chi connectivity index (χ2n) is 4.84. The van der Waals surface area contributed by atoms with Gasteiger partial charge in [0.05, 0.1) is 6.54 Å². The van der Waals surface area contributed by atoms with Crippen LogP contribution < -0.4 is 10.6 Å². The minimum Gasteiger partial charge on any atom is -0.316 e. The van der Waals surface area contributed by atoms with Crippen LogP contribution >= 0.6 is 39.1 Å². The average molecular weight is 386 g/mol. The monoisotopic (exact) mass is 384 g/mol.